The van der Waals surface area contributed by atoms with E-state index in [4.69, 9.17) is 4.74 Å². The molecule has 144 valence electrons. The van der Waals surface area contributed by atoms with Crippen LogP contribution < -0.4 is 4.74 Å². The Balaban J connectivity index is 0.00000182. The van der Waals surface area contributed by atoms with Crippen molar-refractivity contribution >= 4 is 0 Å². The highest BCUT2D eigenvalue weighted by Crippen LogP contribution is 2.45. The molecule has 2 saturated carbocycles. The van der Waals surface area contributed by atoms with E-state index in [-0.39, 0.29) is 8.60 Å². The van der Waals surface area contributed by atoms with E-state index < -0.39 is 23.7 Å². The van der Waals surface area contributed by atoms with Crippen molar-refractivity contribution in [1.82, 2.24) is 0 Å². The third kappa shape index (κ3) is 4.48. The highest BCUT2D eigenvalue weighted by atomic mass is 19.3. The van der Waals surface area contributed by atoms with Crippen LogP contribution in [0.4, 0.5) is 17.6 Å². The van der Waals surface area contributed by atoms with Gasteiger partial charge in [-0.3, -0.25) is 0 Å². The zero-order chi connectivity index (χ0) is 18.0. The molecule has 0 unspecified atom stereocenters. The Morgan fingerprint density at radius 3 is 2.00 bits per heavy atom. The summed E-state index contributed by atoms with van der Waals surface area (Å²) in [4.78, 5) is 0. The topological polar surface area (TPSA) is 9.23 Å². The molecule has 1 nitrogen and oxygen atoms in total. The highest BCUT2D eigenvalue weighted by molar-refractivity contribution is 5.24. The smallest absolute Gasteiger partial charge is 0.400 e. The first kappa shape index (κ1) is 18.5. The average molecular weight is 362 g/mol. The van der Waals surface area contributed by atoms with Gasteiger partial charge in [0.15, 0.2) is 11.6 Å². The molecule has 2 aliphatic rings. The van der Waals surface area contributed by atoms with Gasteiger partial charge in [-0.05, 0) is 68.4 Å². The maximum atomic E-state index is 14.4. The predicted octanol–water partition coefficient (Wildman–Crippen LogP) is 7.06. The Morgan fingerprint density at radius 1 is 0.880 bits per heavy atom. The van der Waals surface area contributed by atoms with Crippen molar-refractivity contribution in [3.8, 4) is 5.75 Å². The summed E-state index contributed by atoms with van der Waals surface area (Å²) < 4.78 is 59.6. The quantitative estimate of drug-likeness (QED) is 0.521. The first-order valence-electron chi connectivity index (χ1n) is 9.37. The van der Waals surface area contributed by atoms with Crippen molar-refractivity contribution in [2.75, 3.05) is 0 Å². The molecule has 0 amide bonds. The SMILES string of the molecule is CC1CCC(C2CCC(C(F)(F)Oc3ccc(F)c(F)c3)CC2)CC1.[HH].[HH]. The fourth-order valence-corrected chi connectivity index (χ4v) is 4.46. The van der Waals surface area contributed by atoms with E-state index in [0.29, 0.717) is 30.7 Å². The molecule has 0 aliphatic heterocycles. The van der Waals surface area contributed by atoms with Gasteiger partial charge in [-0.25, -0.2) is 8.78 Å². The molecule has 0 aromatic heterocycles. The molecule has 0 saturated heterocycles. The first-order valence-corrected chi connectivity index (χ1v) is 9.37. The van der Waals surface area contributed by atoms with Crippen LogP contribution >= 0.6 is 0 Å². The van der Waals surface area contributed by atoms with Crippen molar-refractivity contribution in [2.45, 2.75) is 64.4 Å². The number of hydrogen-bond acceptors (Lipinski definition) is 1. The second kappa shape index (κ2) is 7.55. The minimum atomic E-state index is -3.35. The number of halogens is 4. The summed E-state index contributed by atoms with van der Waals surface area (Å²) in [5, 5.41) is 0. The monoisotopic (exact) mass is 362 g/mol. The zero-order valence-electron chi connectivity index (χ0n) is 14.6. The second-order valence-electron chi connectivity index (χ2n) is 7.87. The lowest BCUT2D eigenvalue weighted by molar-refractivity contribution is -0.224. The van der Waals surface area contributed by atoms with Crippen LogP contribution in [-0.2, 0) is 0 Å². The standard InChI is InChI=1S/C20H26F4O.2H2/c1-13-2-4-14(5-3-13)15-6-8-16(9-7-15)20(23,24)25-17-10-11-18(21)19(22)12-17;;/h10-16H,2-9H2,1H3;2*1H. The van der Waals surface area contributed by atoms with Crippen LogP contribution in [0.1, 0.15) is 61.1 Å². The predicted molar refractivity (Wildman–Crippen MR) is 92.7 cm³/mol. The maximum Gasteiger partial charge on any atom is 0.400 e. The number of alkyl halides is 2. The van der Waals surface area contributed by atoms with Gasteiger partial charge < -0.3 is 4.74 Å². The van der Waals surface area contributed by atoms with Gasteiger partial charge in [0, 0.05) is 8.92 Å². The Morgan fingerprint density at radius 2 is 1.44 bits per heavy atom. The molecule has 5 heteroatoms. The summed E-state index contributed by atoms with van der Waals surface area (Å²) in [5.41, 5.74) is 0. The van der Waals surface area contributed by atoms with Gasteiger partial charge in [0.1, 0.15) is 5.75 Å². The van der Waals surface area contributed by atoms with Gasteiger partial charge in [-0.15, -0.1) is 0 Å². The van der Waals surface area contributed by atoms with E-state index in [9.17, 15) is 17.6 Å². The molecular formula is C20H30F4O. The molecule has 0 spiro atoms. The van der Waals surface area contributed by atoms with Crippen LogP contribution in [0.25, 0.3) is 0 Å². The maximum absolute atomic E-state index is 14.4. The molecule has 1 aromatic rings. The highest BCUT2D eigenvalue weighted by Gasteiger charge is 2.45. The van der Waals surface area contributed by atoms with E-state index in [1.165, 1.54) is 25.7 Å². The first-order chi connectivity index (χ1) is 11.8. The fourth-order valence-electron chi connectivity index (χ4n) is 4.46. The molecule has 0 heterocycles. The van der Waals surface area contributed by atoms with Crippen LogP contribution in [0, 0.1) is 35.3 Å². The summed E-state index contributed by atoms with van der Waals surface area (Å²) in [7, 11) is 0. The molecule has 3 rings (SSSR count). The molecule has 25 heavy (non-hydrogen) atoms. The molecule has 2 fully saturated rings. The van der Waals surface area contributed by atoms with E-state index in [0.717, 1.165) is 30.9 Å². The lowest BCUT2D eigenvalue weighted by Gasteiger charge is -2.38. The van der Waals surface area contributed by atoms with Gasteiger partial charge in [0.05, 0.1) is 5.92 Å². The summed E-state index contributed by atoms with van der Waals surface area (Å²) in [6.45, 7) is 2.28. The van der Waals surface area contributed by atoms with Crippen molar-refractivity contribution in [3.05, 3.63) is 29.8 Å². The summed E-state index contributed by atoms with van der Waals surface area (Å²) in [5.74, 6) is -1.42. The lowest BCUT2D eigenvalue weighted by Crippen LogP contribution is -2.38. The molecule has 2 aliphatic carbocycles. The van der Waals surface area contributed by atoms with Crippen LogP contribution in [-0.4, -0.2) is 6.11 Å². The minimum absolute atomic E-state index is 0. The van der Waals surface area contributed by atoms with Crippen LogP contribution in [0.3, 0.4) is 0 Å². The van der Waals surface area contributed by atoms with Crippen LogP contribution in [0.5, 0.6) is 5.75 Å². The van der Waals surface area contributed by atoms with E-state index in [1.807, 2.05) is 0 Å². The van der Waals surface area contributed by atoms with Gasteiger partial charge in [-0.2, -0.15) is 8.78 Å². The van der Waals surface area contributed by atoms with Crippen molar-refractivity contribution in [1.29, 1.82) is 0 Å². The Labute approximate surface area is 149 Å². The van der Waals surface area contributed by atoms with E-state index in [2.05, 4.69) is 6.92 Å². The fraction of sp³-hybridized carbons (Fsp3) is 0.700. The number of benzene rings is 1. The summed E-state index contributed by atoms with van der Waals surface area (Å²) in [6, 6.07) is 2.53. The Hall–Kier alpha value is -1.26. The van der Waals surface area contributed by atoms with Gasteiger partial charge in [0.2, 0.25) is 0 Å². The average Bonchev–Trinajstić information content (AvgIpc) is 2.59. The lowest BCUT2D eigenvalue weighted by atomic mass is 9.69. The molecule has 1 aromatic carbocycles. The van der Waals surface area contributed by atoms with Gasteiger partial charge >= 0.3 is 6.11 Å². The van der Waals surface area contributed by atoms with Crippen molar-refractivity contribution < 1.29 is 25.2 Å². The van der Waals surface area contributed by atoms with Gasteiger partial charge in [0.25, 0.3) is 0 Å². The number of rotatable bonds is 4. The number of hydrogen-bond donors (Lipinski definition) is 0. The van der Waals surface area contributed by atoms with Crippen molar-refractivity contribution in [3.63, 3.8) is 0 Å². The molecule has 0 atom stereocenters. The summed E-state index contributed by atoms with van der Waals surface area (Å²) >= 11 is 0. The van der Waals surface area contributed by atoms with Crippen molar-refractivity contribution in [2.24, 2.45) is 23.7 Å². The largest absolute Gasteiger partial charge is 0.432 e. The Bertz CT molecular complexity index is 583. The summed E-state index contributed by atoms with van der Waals surface area (Å²) in [6.07, 6.45) is 4.05. The van der Waals surface area contributed by atoms with E-state index >= 15 is 0 Å². The minimum Gasteiger partial charge on any atom is -0.432 e. The normalized spacial score (nSPS) is 30.9. The molecule has 0 radical (unpaired) electrons. The Kier molecular flexibility index (Phi) is 5.59. The van der Waals surface area contributed by atoms with Crippen LogP contribution in [0.2, 0.25) is 0 Å². The number of ether oxygens (including phenoxy) is 1. The second-order valence-corrected chi connectivity index (χ2v) is 7.87. The molecule has 0 N–H and O–H groups in total. The zero-order valence-corrected chi connectivity index (χ0v) is 14.6. The molecule has 0 bridgehead atoms. The van der Waals surface area contributed by atoms with E-state index in [1.54, 1.807) is 0 Å². The van der Waals surface area contributed by atoms with Crippen LogP contribution in [0.15, 0.2) is 18.2 Å². The third-order valence-corrected chi connectivity index (χ3v) is 6.12. The molecular weight excluding hydrogens is 332 g/mol. The third-order valence-electron chi connectivity index (χ3n) is 6.12. The van der Waals surface area contributed by atoms with Gasteiger partial charge in [-0.1, -0.05) is 19.8 Å².